The smallest absolute Gasteiger partial charge is 0.264 e. The van der Waals surface area contributed by atoms with Crippen molar-refractivity contribution in [2.24, 2.45) is 0 Å². The summed E-state index contributed by atoms with van der Waals surface area (Å²) in [4.78, 5) is 28.5. The molecule has 0 unspecified atom stereocenters. The second-order valence-corrected chi connectivity index (χ2v) is 12.6. The molecule has 0 aliphatic carbocycles. The lowest BCUT2D eigenvalue weighted by atomic mass is 10.1. The number of ether oxygens (including phenoxy) is 2. The number of aryl methyl sites for hydroxylation is 1. The molecule has 3 rings (SSSR count). The molecular weight excluding hydrogens is 601 g/mol. The molecule has 0 aliphatic rings. The largest absolute Gasteiger partial charge is 0.497 e. The van der Waals surface area contributed by atoms with Crippen LogP contribution in [0, 0.1) is 6.92 Å². The van der Waals surface area contributed by atoms with Crippen molar-refractivity contribution in [3.05, 3.63) is 81.8 Å². The molecule has 12 heteroatoms. The highest BCUT2D eigenvalue weighted by Gasteiger charge is 2.34. The summed E-state index contributed by atoms with van der Waals surface area (Å²) in [7, 11) is -1.47. The number of amides is 2. The van der Waals surface area contributed by atoms with Crippen molar-refractivity contribution in [2.45, 2.75) is 51.2 Å². The number of carbonyl (C=O) groups excluding carboxylic acids is 2. The summed E-state index contributed by atoms with van der Waals surface area (Å²) in [5.41, 5.74) is 1.37. The van der Waals surface area contributed by atoms with E-state index in [1.807, 2.05) is 6.92 Å². The lowest BCUT2D eigenvalue weighted by Gasteiger charge is -2.33. The van der Waals surface area contributed by atoms with Crippen molar-refractivity contribution in [3.8, 4) is 11.5 Å². The number of hydrogen-bond acceptors (Lipinski definition) is 6. The number of hydrogen-bond donors (Lipinski definition) is 1. The highest BCUT2D eigenvalue weighted by Crippen LogP contribution is 2.36. The maximum atomic E-state index is 14.2. The van der Waals surface area contributed by atoms with E-state index in [-0.39, 0.29) is 28.9 Å². The number of anilines is 1. The van der Waals surface area contributed by atoms with Gasteiger partial charge in [0.15, 0.2) is 0 Å². The summed E-state index contributed by atoms with van der Waals surface area (Å²) in [6.45, 7) is 6.19. The first-order chi connectivity index (χ1) is 19.8. The number of methoxy groups -OCH3 is 2. The molecule has 0 saturated heterocycles. The van der Waals surface area contributed by atoms with Crippen LogP contribution in [0.3, 0.4) is 0 Å². The first kappa shape index (κ1) is 33.0. The molecule has 42 heavy (non-hydrogen) atoms. The number of nitrogens with zero attached hydrogens (tertiary/aromatic N) is 2. The molecule has 1 N–H and O–H groups in total. The van der Waals surface area contributed by atoms with Crippen molar-refractivity contribution in [1.82, 2.24) is 10.2 Å². The summed E-state index contributed by atoms with van der Waals surface area (Å²) in [5, 5.41) is 3.41. The fraction of sp³-hybridized carbons (Fsp3) is 0.333. The topological polar surface area (TPSA) is 105 Å². The fourth-order valence-electron chi connectivity index (χ4n) is 4.18. The molecule has 0 aromatic heterocycles. The molecule has 3 aromatic rings. The van der Waals surface area contributed by atoms with E-state index in [2.05, 4.69) is 5.32 Å². The van der Waals surface area contributed by atoms with Crippen LogP contribution in [0.15, 0.2) is 65.6 Å². The molecule has 3 aromatic carbocycles. The predicted octanol–water partition coefficient (Wildman–Crippen LogP) is 5.46. The van der Waals surface area contributed by atoms with Gasteiger partial charge in [-0.1, -0.05) is 47.0 Å². The van der Waals surface area contributed by atoms with E-state index in [4.69, 9.17) is 32.7 Å². The Balaban J connectivity index is 2.16. The normalized spacial score (nSPS) is 12.0. The van der Waals surface area contributed by atoms with Gasteiger partial charge in [0.05, 0.1) is 24.8 Å². The SMILES string of the molecule is COc1ccc(OC)c(N(CC(=O)N(Cc2c(Cl)cccc2Cl)[C@@H](C)C(=O)NC(C)C)S(=O)(=O)c2ccc(C)cc2)c1. The third-order valence-electron chi connectivity index (χ3n) is 6.53. The van der Waals surface area contributed by atoms with Gasteiger partial charge in [0.25, 0.3) is 10.0 Å². The van der Waals surface area contributed by atoms with Crippen LogP contribution in [0.4, 0.5) is 5.69 Å². The molecule has 0 saturated carbocycles. The van der Waals surface area contributed by atoms with E-state index in [0.29, 0.717) is 21.4 Å². The maximum absolute atomic E-state index is 14.2. The highest BCUT2D eigenvalue weighted by atomic mass is 35.5. The zero-order chi connectivity index (χ0) is 31.2. The minimum absolute atomic E-state index is 0.0305. The Labute approximate surface area is 257 Å². The Morgan fingerprint density at radius 2 is 1.55 bits per heavy atom. The quantitative estimate of drug-likeness (QED) is 0.283. The van der Waals surface area contributed by atoms with Gasteiger partial charge >= 0.3 is 0 Å². The van der Waals surface area contributed by atoms with Gasteiger partial charge in [-0.3, -0.25) is 13.9 Å². The van der Waals surface area contributed by atoms with Gasteiger partial charge in [-0.05, 0) is 64.1 Å². The lowest BCUT2D eigenvalue weighted by molar-refractivity contribution is -0.139. The molecule has 0 fully saturated rings. The van der Waals surface area contributed by atoms with Gasteiger partial charge < -0.3 is 19.7 Å². The Kier molecular flexibility index (Phi) is 11.1. The Hall–Kier alpha value is -3.47. The molecule has 0 spiro atoms. The number of benzene rings is 3. The molecule has 1 atom stereocenters. The Morgan fingerprint density at radius 1 is 0.929 bits per heavy atom. The van der Waals surface area contributed by atoms with Gasteiger partial charge in [0.1, 0.15) is 24.1 Å². The molecule has 0 bridgehead atoms. The third kappa shape index (κ3) is 7.67. The number of carbonyl (C=O) groups is 2. The van der Waals surface area contributed by atoms with Crippen molar-refractivity contribution >= 4 is 50.7 Å². The van der Waals surface area contributed by atoms with Gasteiger partial charge in [0.2, 0.25) is 11.8 Å². The predicted molar refractivity (Wildman–Crippen MR) is 165 cm³/mol. The van der Waals surface area contributed by atoms with Crippen LogP contribution in [0.25, 0.3) is 0 Å². The van der Waals surface area contributed by atoms with Crippen LogP contribution in [0.5, 0.6) is 11.5 Å². The van der Waals surface area contributed by atoms with Crippen LogP contribution in [-0.2, 0) is 26.2 Å². The lowest BCUT2D eigenvalue weighted by Crippen LogP contribution is -2.52. The molecular formula is C30H35Cl2N3O6S. The van der Waals surface area contributed by atoms with Gasteiger partial charge in [-0.25, -0.2) is 8.42 Å². The van der Waals surface area contributed by atoms with Crippen molar-refractivity contribution in [1.29, 1.82) is 0 Å². The van der Waals surface area contributed by atoms with Gasteiger partial charge in [0, 0.05) is 34.3 Å². The summed E-state index contributed by atoms with van der Waals surface area (Å²) in [6.07, 6.45) is 0. The monoisotopic (exact) mass is 635 g/mol. The van der Waals surface area contributed by atoms with Gasteiger partial charge in [-0.15, -0.1) is 0 Å². The first-order valence-corrected chi connectivity index (χ1v) is 15.3. The van der Waals surface area contributed by atoms with E-state index in [1.165, 1.54) is 37.3 Å². The van der Waals surface area contributed by atoms with E-state index < -0.39 is 34.4 Å². The first-order valence-electron chi connectivity index (χ1n) is 13.1. The zero-order valence-electron chi connectivity index (χ0n) is 24.4. The summed E-state index contributed by atoms with van der Waals surface area (Å²) < 4.78 is 40.0. The average molecular weight is 637 g/mol. The summed E-state index contributed by atoms with van der Waals surface area (Å²) >= 11 is 12.9. The summed E-state index contributed by atoms with van der Waals surface area (Å²) in [5.74, 6) is -0.538. The number of sulfonamides is 1. The average Bonchev–Trinajstić information content (AvgIpc) is 2.94. The highest BCUT2D eigenvalue weighted by molar-refractivity contribution is 7.92. The minimum atomic E-state index is -4.31. The maximum Gasteiger partial charge on any atom is 0.264 e. The zero-order valence-corrected chi connectivity index (χ0v) is 26.7. The van der Waals surface area contributed by atoms with Crippen LogP contribution >= 0.6 is 23.2 Å². The van der Waals surface area contributed by atoms with E-state index in [0.717, 1.165) is 9.87 Å². The number of halogens is 2. The Bertz CT molecular complexity index is 1510. The summed E-state index contributed by atoms with van der Waals surface area (Å²) in [6, 6.07) is 14.6. The van der Waals surface area contributed by atoms with E-state index in [1.54, 1.807) is 63.2 Å². The number of nitrogens with one attached hydrogen (secondary N) is 1. The van der Waals surface area contributed by atoms with Crippen LogP contribution in [0.2, 0.25) is 10.0 Å². The standard InChI is InChI=1S/C30H35Cl2N3O6S/c1-19(2)33-30(37)21(4)34(17-24-25(31)8-7-9-26(24)32)29(36)18-35(27-16-22(40-5)12-15-28(27)41-6)42(38,39)23-13-10-20(3)11-14-23/h7-16,19,21H,17-18H2,1-6H3,(H,33,37)/t21-/m0/s1. The van der Waals surface area contributed by atoms with Gasteiger partial charge in [-0.2, -0.15) is 0 Å². The minimum Gasteiger partial charge on any atom is -0.497 e. The van der Waals surface area contributed by atoms with Crippen molar-refractivity contribution in [3.63, 3.8) is 0 Å². The molecule has 2 amide bonds. The molecule has 0 heterocycles. The van der Waals surface area contributed by atoms with E-state index >= 15 is 0 Å². The van der Waals surface area contributed by atoms with Crippen molar-refractivity contribution < 1.29 is 27.5 Å². The number of rotatable bonds is 12. The second-order valence-electron chi connectivity index (χ2n) is 9.92. The van der Waals surface area contributed by atoms with Crippen LogP contribution in [-0.4, -0.2) is 58.0 Å². The molecule has 0 aliphatic heterocycles. The third-order valence-corrected chi connectivity index (χ3v) is 9.01. The second kappa shape index (κ2) is 14.1. The molecule has 226 valence electrons. The van der Waals surface area contributed by atoms with Crippen LogP contribution < -0.4 is 19.1 Å². The van der Waals surface area contributed by atoms with Crippen LogP contribution in [0.1, 0.15) is 31.9 Å². The fourth-order valence-corrected chi connectivity index (χ4v) is 6.12. The molecule has 9 nitrogen and oxygen atoms in total. The van der Waals surface area contributed by atoms with Crippen molar-refractivity contribution in [2.75, 3.05) is 25.1 Å². The Morgan fingerprint density at radius 3 is 2.10 bits per heavy atom. The van der Waals surface area contributed by atoms with E-state index in [9.17, 15) is 18.0 Å². The molecule has 0 radical (unpaired) electrons.